The normalized spacial score (nSPS) is 26.4. The number of rotatable bonds is 8. The van der Waals surface area contributed by atoms with Crippen LogP contribution in [-0.4, -0.2) is 108 Å². The van der Waals surface area contributed by atoms with Gasteiger partial charge in [0, 0.05) is 20.6 Å². The first-order chi connectivity index (χ1) is 25.4. The molecule has 3 aliphatic rings. The van der Waals surface area contributed by atoms with E-state index in [1.54, 1.807) is 70.1 Å². The molecule has 0 aromatic heterocycles. The lowest BCUT2D eigenvalue weighted by atomic mass is 9.97. The van der Waals surface area contributed by atoms with Gasteiger partial charge in [-0.15, -0.1) is 0 Å². The second-order valence-corrected chi connectivity index (χ2v) is 16.5. The van der Waals surface area contributed by atoms with Gasteiger partial charge in [-0.1, -0.05) is 69.2 Å². The van der Waals surface area contributed by atoms with Gasteiger partial charge in [-0.2, -0.15) is 0 Å². The van der Waals surface area contributed by atoms with Crippen LogP contribution >= 0.6 is 0 Å². The topological polar surface area (TPSA) is 186 Å². The minimum atomic E-state index is -1.71. The van der Waals surface area contributed by atoms with Gasteiger partial charge in [0.05, 0.1) is 12.6 Å². The summed E-state index contributed by atoms with van der Waals surface area (Å²) in [7, 11) is 3.15. The van der Waals surface area contributed by atoms with Crippen molar-refractivity contribution in [3.63, 3.8) is 0 Å². The largest absolute Gasteiger partial charge is 0.444 e. The lowest BCUT2D eigenvalue weighted by Gasteiger charge is -2.34. The highest BCUT2D eigenvalue weighted by Gasteiger charge is 2.69. The Morgan fingerprint density at radius 2 is 1.63 bits per heavy atom. The molecule has 1 aromatic carbocycles. The lowest BCUT2D eigenvalue weighted by molar-refractivity contribution is -0.143. The Hall–Kier alpha value is -4.46. The number of amides is 6. The van der Waals surface area contributed by atoms with Gasteiger partial charge in [0.1, 0.15) is 23.7 Å². The first kappa shape index (κ1) is 42.3. The highest BCUT2D eigenvalue weighted by atomic mass is 16.6. The quantitative estimate of drug-likeness (QED) is 0.251. The number of likely N-dealkylation sites (N-methyl/N-ethyl adjacent to an activating group) is 1. The summed E-state index contributed by atoms with van der Waals surface area (Å²) in [6.45, 7) is 9.18. The highest BCUT2D eigenvalue weighted by molar-refractivity contribution is 5.94. The Balaban J connectivity index is 1.50. The fourth-order valence-electron chi connectivity index (χ4n) is 7.63. The summed E-state index contributed by atoms with van der Waals surface area (Å²) in [5.41, 5.74) is -0.401. The molecule has 0 spiro atoms. The van der Waals surface area contributed by atoms with Crippen molar-refractivity contribution in [3.05, 3.63) is 48.0 Å². The SMILES string of the molecule is CN(C)C(=O)[C@@H](NC(=O)CNC(=O)C(O)[C@@H]1CCCC/C=C/CCCC[C@H](NC(=O)OC(C)(C)C)C(=O)N2C[C@H]3[C@@H]([C@H]2C(=O)N1)C3(C)C)c1ccccc1. The maximum atomic E-state index is 14.2. The molecule has 7 atom stereocenters. The number of hydrogen-bond donors (Lipinski definition) is 5. The van der Waals surface area contributed by atoms with Gasteiger partial charge in [0.2, 0.25) is 23.6 Å². The van der Waals surface area contributed by atoms with Crippen LogP contribution in [0.3, 0.4) is 0 Å². The van der Waals surface area contributed by atoms with E-state index in [1.807, 2.05) is 0 Å². The standard InChI is InChI=1S/C40H60N6O8/c1-39(2,3)54-38(53)43-28-22-18-13-11-9-8-10-12-17-21-27(42-34(49)32-30-26(40(30,4)5)24-46(32)36(28)51)33(48)35(50)41-23-29(47)44-31(37(52)45(6)7)25-19-15-14-16-20-25/h8-9,14-16,19-20,26-28,30-33,48H,10-13,17-18,21-24H2,1-7H3,(H,41,50)(H,42,49)(H,43,53)(H,44,47)/b9-8+/t26-,27-,28-,30-,31-,32-,33?/m0/s1. The molecule has 14 nitrogen and oxygen atoms in total. The van der Waals surface area contributed by atoms with E-state index in [2.05, 4.69) is 47.3 Å². The molecule has 2 fully saturated rings. The number of carbonyl (C=O) groups excluding carboxylic acids is 6. The average Bonchev–Trinajstić information content (AvgIpc) is 3.41. The van der Waals surface area contributed by atoms with Gasteiger partial charge in [0.25, 0.3) is 5.91 Å². The predicted molar refractivity (Wildman–Crippen MR) is 202 cm³/mol. The van der Waals surface area contributed by atoms with Crippen LogP contribution in [0.2, 0.25) is 0 Å². The van der Waals surface area contributed by atoms with Crippen LogP contribution < -0.4 is 21.3 Å². The third-order valence-corrected chi connectivity index (χ3v) is 10.7. The molecule has 54 heavy (non-hydrogen) atoms. The number of piperidine rings is 1. The molecule has 1 saturated heterocycles. The molecule has 2 aliphatic heterocycles. The Bertz CT molecular complexity index is 1540. The number of fused-ring (bicyclic) bond motifs is 3. The van der Waals surface area contributed by atoms with E-state index in [1.165, 1.54) is 4.90 Å². The smallest absolute Gasteiger partial charge is 0.408 e. The summed E-state index contributed by atoms with van der Waals surface area (Å²) in [5, 5.41) is 22.2. The van der Waals surface area contributed by atoms with E-state index >= 15 is 0 Å². The second-order valence-electron chi connectivity index (χ2n) is 16.5. The van der Waals surface area contributed by atoms with Gasteiger partial charge in [-0.3, -0.25) is 24.0 Å². The van der Waals surface area contributed by atoms with E-state index in [9.17, 15) is 33.9 Å². The zero-order chi connectivity index (χ0) is 39.8. The molecule has 2 heterocycles. The van der Waals surface area contributed by atoms with E-state index < -0.39 is 66.2 Å². The molecule has 1 unspecified atom stereocenters. The number of aliphatic hydroxyl groups is 1. The number of allylic oxidation sites excluding steroid dienone is 2. The maximum Gasteiger partial charge on any atom is 0.408 e. The summed E-state index contributed by atoms with van der Waals surface area (Å²) in [6.07, 6.45) is 6.82. The van der Waals surface area contributed by atoms with Crippen molar-refractivity contribution >= 4 is 35.6 Å². The molecular formula is C40H60N6O8. The molecule has 298 valence electrons. The van der Waals surface area contributed by atoms with Crippen LogP contribution in [-0.2, 0) is 28.7 Å². The van der Waals surface area contributed by atoms with Crippen LogP contribution in [0.5, 0.6) is 0 Å². The van der Waals surface area contributed by atoms with Crippen molar-refractivity contribution in [1.29, 1.82) is 0 Å². The summed E-state index contributed by atoms with van der Waals surface area (Å²) >= 11 is 0. The molecule has 1 aromatic rings. The highest BCUT2D eigenvalue weighted by Crippen LogP contribution is 2.65. The molecule has 1 aliphatic carbocycles. The molecular weight excluding hydrogens is 692 g/mol. The number of nitrogens with zero attached hydrogens (tertiary/aromatic N) is 2. The summed E-state index contributed by atoms with van der Waals surface area (Å²) in [6, 6.07) is 4.96. The summed E-state index contributed by atoms with van der Waals surface area (Å²) < 4.78 is 5.48. The third kappa shape index (κ3) is 11.0. The van der Waals surface area contributed by atoms with E-state index in [0.29, 0.717) is 31.4 Å². The Labute approximate surface area is 319 Å². The van der Waals surface area contributed by atoms with Crippen LogP contribution in [0.1, 0.15) is 97.6 Å². The van der Waals surface area contributed by atoms with Crippen LogP contribution in [0.25, 0.3) is 0 Å². The first-order valence-electron chi connectivity index (χ1n) is 19.2. The number of benzene rings is 1. The zero-order valence-corrected chi connectivity index (χ0v) is 32.9. The Morgan fingerprint density at radius 3 is 2.24 bits per heavy atom. The van der Waals surface area contributed by atoms with Gasteiger partial charge < -0.3 is 40.9 Å². The monoisotopic (exact) mass is 752 g/mol. The molecule has 6 amide bonds. The molecule has 5 N–H and O–H groups in total. The molecule has 4 rings (SSSR count). The molecule has 14 heteroatoms. The molecule has 0 radical (unpaired) electrons. The number of hydrogen-bond acceptors (Lipinski definition) is 8. The van der Waals surface area contributed by atoms with E-state index in [-0.39, 0.29) is 35.5 Å². The zero-order valence-electron chi connectivity index (χ0n) is 32.9. The maximum absolute atomic E-state index is 14.2. The number of aliphatic hydroxyl groups excluding tert-OH is 1. The number of carbonyl (C=O) groups is 6. The minimum Gasteiger partial charge on any atom is -0.444 e. The van der Waals surface area contributed by atoms with Crippen LogP contribution in [0.15, 0.2) is 42.5 Å². The third-order valence-electron chi connectivity index (χ3n) is 10.7. The number of ether oxygens (including phenoxy) is 1. The lowest BCUT2D eigenvalue weighted by Crippen LogP contribution is -2.59. The predicted octanol–water partition coefficient (Wildman–Crippen LogP) is 2.96. The van der Waals surface area contributed by atoms with Gasteiger partial charge in [-0.25, -0.2) is 4.79 Å². The van der Waals surface area contributed by atoms with Crippen molar-refractivity contribution in [2.75, 3.05) is 27.2 Å². The van der Waals surface area contributed by atoms with Crippen LogP contribution in [0.4, 0.5) is 4.79 Å². The van der Waals surface area contributed by atoms with Crippen molar-refractivity contribution < 1.29 is 38.6 Å². The van der Waals surface area contributed by atoms with Gasteiger partial charge >= 0.3 is 6.09 Å². The summed E-state index contributed by atoms with van der Waals surface area (Å²) in [5.74, 6) is -2.78. The van der Waals surface area contributed by atoms with Crippen molar-refractivity contribution in [3.8, 4) is 0 Å². The Morgan fingerprint density at radius 1 is 1.00 bits per heavy atom. The van der Waals surface area contributed by atoms with E-state index in [4.69, 9.17) is 4.74 Å². The molecule has 1 saturated carbocycles. The fourth-order valence-corrected chi connectivity index (χ4v) is 7.63. The van der Waals surface area contributed by atoms with Crippen molar-refractivity contribution in [2.45, 2.75) is 122 Å². The van der Waals surface area contributed by atoms with Crippen molar-refractivity contribution in [1.82, 2.24) is 31.1 Å². The average molecular weight is 753 g/mol. The van der Waals surface area contributed by atoms with Gasteiger partial charge in [-0.05, 0) is 82.1 Å². The number of nitrogens with one attached hydrogen (secondary N) is 4. The molecule has 0 bridgehead atoms. The first-order valence-corrected chi connectivity index (χ1v) is 19.2. The fraction of sp³-hybridized carbons (Fsp3) is 0.650. The summed E-state index contributed by atoms with van der Waals surface area (Å²) in [4.78, 5) is 83.4. The Kier molecular flexibility index (Phi) is 14.3. The van der Waals surface area contributed by atoms with Gasteiger partial charge in [0.15, 0.2) is 6.10 Å². The van der Waals surface area contributed by atoms with Crippen molar-refractivity contribution in [2.24, 2.45) is 17.3 Å². The number of alkyl carbamates (subject to hydrolysis) is 1. The minimum absolute atomic E-state index is 0.0689. The van der Waals surface area contributed by atoms with Crippen LogP contribution in [0, 0.1) is 17.3 Å². The van der Waals surface area contributed by atoms with E-state index in [0.717, 1.165) is 25.7 Å². The second kappa shape index (κ2) is 18.2.